The maximum absolute atomic E-state index is 11.3. The molecule has 4 N–H and O–H groups in total. The normalized spacial score (nSPS) is 19.9. The molecule has 0 aromatic carbocycles. The van der Waals surface area contributed by atoms with Crippen LogP contribution in [0.2, 0.25) is 0 Å². The number of nitrogens with two attached hydrogens (primary N) is 1. The topological polar surface area (TPSA) is 75.3 Å². The number of nitrogens with one attached hydrogen (secondary N) is 1. The summed E-state index contributed by atoms with van der Waals surface area (Å²) in [5.74, 6) is 0.213. The Bertz CT molecular complexity index is 214. The van der Waals surface area contributed by atoms with Crippen molar-refractivity contribution in [2.24, 2.45) is 11.7 Å². The van der Waals surface area contributed by atoms with Crippen molar-refractivity contribution in [3.8, 4) is 0 Å². The van der Waals surface area contributed by atoms with E-state index in [0.717, 1.165) is 6.42 Å². The van der Waals surface area contributed by atoms with E-state index in [1.165, 1.54) is 12.8 Å². The molecule has 0 aromatic heterocycles. The number of hydrogen-bond donors (Lipinski definition) is 3. The molecule has 1 amide bonds. The van der Waals surface area contributed by atoms with E-state index in [2.05, 4.69) is 11.9 Å². The highest BCUT2D eigenvalue weighted by atomic mass is 16.3. The Labute approximate surface area is 84.2 Å². The number of hydrogen-bond acceptors (Lipinski definition) is 3. The molecule has 4 nitrogen and oxygen atoms in total. The van der Waals surface area contributed by atoms with Crippen LogP contribution in [0.15, 0.2) is 12.7 Å². The first kappa shape index (κ1) is 11.2. The van der Waals surface area contributed by atoms with Gasteiger partial charge in [-0.2, -0.15) is 0 Å². The van der Waals surface area contributed by atoms with Crippen molar-refractivity contribution < 1.29 is 9.90 Å². The van der Waals surface area contributed by atoms with Gasteiger partial charge in [-0.05, 0) is 12.3 Å². The molecule has 0 heterocycles. The molecular formula is C10H18N2O2. The fraction of sp³-hybridized carbons (Fsp3) is 0.700. The summed E-state index contributed by atoms with van der Waals surface area (Å²) in [6.07, 6.45) is 3.57. The second-order valence-corrected chi connectivity index (χ2v) is 3.82. The van der Waals surface area contributed by atoms with Gasteiger partial charge in [0, 0.05) is 12.6 Å². The average Bonchev–Trinajstić information content (AvgIpc) is 2.96. The maximum Gasteiger partial charge on any atom is 0.250 e. The van der Waals surface area contributed by atoms with Crippen LogP contribution < -0.4 is 11.1 Å². The molecule has 0 aromatic rings. The van der Waals surface area contributed by atoms with E-state index in [0.29, 0.717) is 12.5 Å². The maximum atomic E-state index is 11.3. The minimum absolute atomic E-state index is 0.367. The van der Waals surface area contributed by atoms with Crippen LogP contribution in [0.5, 0.6) is 0 Å². The van der Waals surface area contributed by atoms with Crippen LogP contribution in [0.25, 0.3) is 0 Å². The quantitative estimate of drug-likeness (QED) is 0.516. The van der Waals surface area contributed by atoms with Crippen molar-refractivity contribution in [1.82, 2.24) is 5.32 Å². The smallest absolute Gasteiger partial charge is 0.250 e. The average molecular weight is 198 g/mol. The first-order valence-corrected chi connectivity index (χ1v) is 4.97. The molecular weight excluding hydrogens is 180 g/mol. The third kappa shape index (κ3) is 3.47. The van der Waals surface area contributed by atoms with Crippen molar-refractivity contribution in [1.29, 1.82) is 0 Å². The van der Waals surface area contributed by atoms with Crippen molar-refractivity contribution in [2.45, 2.75) is 31.4 Å². The summed E-state index contributed by atoms with van der Waals surface area (Å²) < 4.78 is 0. The molecule has 0 bridgehead atoms. The monoisotopic (exact) mass is 198 g/mol. The number of aliphatic hydroxyl groups excluding tert-OH is 1. The lowest BCUT2D eigenvalue weighted by Gasteiger charge is -2.17. The molecule has 0 saturated heterocycles. The predicted molar refractivity (Wildman–Crippen MR) is 54.5 cm³/mol. The molecule has 2 atom stereocenters. The summed E-state index contributed by atoms with van der Waals surface area (Å²) in [7, 11) is 0. The number of amides is 1. The number of carbonyl (C=O) groups excluding carboxylic acids is 1. The highest BCUT2D eigenvalue weighted by Gasteiger charge is 2.29. The summed E-state index contributed by atoms with van der Waals surface area (Å²) >= 11 is 0. The van der Waals surface area contributed by atoms with E-state index in [1.807, 2.05) is 0 Å². The first-order valence-electron chi connectivity index (χ1n) is 4.97. The van der Waals surface area contributed by atoms with Crippen LogP contribution in [0.3, 0.4) is 0 Å². The Morgan fingerprint density at radius 1 is 1.71 bits per heavy atom. The molecule has 14 heavy (non-hydrogen) atoms. The van der Waals surface area contributed by atoms with Gasteiger partial charge < -0.3 is 16.2 Å². The molecule has 1 aliphatic rings. The van der Waals surface area contributed by atoms with E-state index in [-0.39, 0.29) is 0 Å². The van der Waals surface area contributed by atoms with Gasteiger partial charge in [0.2, 0.25) is 0 Å². The fourth-order valence-corrected chi connectivity index (χ4v) is 1.34. The molecule has 1 fully saturated rings. The van der Waals surface area contributed by atoms with Gasteiger partial charge in [0.05, 0.1) is 0 Å². The molecule has 1 saturated carbocycles. The van der Waals surface area contributed by atoms with Crippen molar-refractivity contribution in [2.75, 3.05) is 6.54 Å². The zero-order valence-corrected chi connectivity index (χ0v) is 8.28. The summed E-state index contributed by atoms with van der Waals surface area (Å²) in [4.78, 5) is 11.3. The Morgan fingerprint density at radius 2 is 2.36 bits per heavy atom. The molecule has 0 radical (unpaired) electrons. The van der Waals surface area contributed by atoms with Crippen LogP contribution in [-0.2, 0) is 4.79 Å². The third-order valence-corrected chi connectivity index (χ3v) is 2.40. The number of rotatable bonds is 6. The Morgan fingerprint density at radius 3 is 2.86 bits per heavy atom. The Hall–Kier alpha value is -0.870. The van der Waals surface area contributed by atoms with Gasteiger partial charge in [-0.3, -0.25) is 4.79 Å². The van der Waals surface area contributed by atoms with Crippen LogP contribution >= 0.6 is 0 Å². The van der Waals surface area contributed by atoms with Crippen molar-refractivity contribution in [3.63, 3.8) is 0 Å². The zero-order valence-electron chi connectivity index (χ0n) is 8.28. The van der Waals surface area contributed by atoms with E-state index >= 15 is 0 Å². The van der Waals surface area contributed by atoms with Crippen molar-refractivity contribution in [3.05, 3.63) is 12.7 Å². The zero-order chi connectivity index (χ0) is 10.6. The highest BCUT2D eigenvalue weighted by molar-refractivity contribution is 5.81. The summed E-state index contributed by atoms with van der Waals surface area (Å²) in [6.45, 7) is 3.83. The van der Waals surface area contributed by atoms with Gasteiger partial charge in [0.25, 0.3) is 5.91 Å². The minimum Gasteiger partial charge on any atom is -0.382 e. The second kappa shape index (κ2) is 5.12. The molecule has 2 unspecified atom stereocenters. The Balaban J connectivity index is 2.25. The number of carbonyl (C=O) groups is 1. The van der Waals surface area contributed by atoms with Crippen LogP contribution in [0.4, 0.5) is 0 Å². The fourth-order valence-electron chi connectivity index (χ4n) is 1.34. The second-order valence-electron chi connectivity index (χ2n) is 3.82. The SMILES string of the molecule is C=CCNC(=O)C(O)C(N)CC1CC1. The van der Waals surface area contributed by atoms with Crippen molar-refractivity contribution >= 4 is 5.91 Å². The van der Waals surface area contributed by atoms with E-state index in [9.17, 15) is 9.90 Å². The molecule has 0 spiro atoms. The lowest BCUT2D eigenvalue weighted by Crippen LogP contribution is -2.46. The van der Waals surface area contributed by atoms with Gasteiger partial charge in [-0.25, -0.2) is 0 Å². The van der Waals surface area contributed by atoms with E-state index in [4.69, 9.17) is 5.73 Å². The van der Waals surface area contributed by atoms with Gasteiger partial charge in [-0.1, -0.05) is 18.9 Å². The minimum atomic E-state index is -1.09. The highest BCUT2D eigenvalue weighted by Crippen LogP contribution is 2.33. The van der Waals surface area contributed by atoms with Gasteiger partial charge in [0.1, 0.15) is 6.10 Å². The standard InChI is InChI=1S/C10H18N2O2/c1-2-5-12-10(14)9(13)8(11)6-7-3-4-7/h2,7-9,13H,1,3-6,11H2,(H,12,14). The molecule has 1 aliphatic carbocycles. The lowest BCUT2D eigenvalue weighted by atomic mass is 10.1. The van der Waals surface area contributed by atoms with E-state index < -0.39 is 18.1 Å². The lowest BCUT2D eigenvalue weighted by molar-refractivity contribution is -0.130. The van der Waals surface area contributed by atoms with Gasteiger partial charge in [0.15, 0.2) is 0 Å². The predicted octanol–water partition coefficient (Wildman–Crippen LogP) is -0.223. The third-order valence-electron chi connectivity index (χ3n) is 2.40. The molecule has 1 rings (SSSR count). The summed E-state index contributed by atoms with van der Waals surface area (Å²) in [5.41, 5.74) is 5.69. The Kier molecular flexibility index (Phi) is 4.10. The van der Waals surface area contributed by atoms with Gasteiger partial charge >= 0.3 is 0 Å². The largest absolute Gasteiger partial charge is 0.382 e. The van der Waals surface area contributed by atoms with Crippen LogP contribution in [0, 0.1) is 5.92 Å². The molecule has 80 valence electrons. The molecule has 4 heteroatoms. The molecule has 0 aliphatic heterocycles. The first-order chi connectivity index (χ1) is 6.65. The van der Waals surface area contributed by atoms with Gasteiger partial charge in [-0.15, -0.1) is 6.58 Å². The summed E-state index contributed by atoms with van der Waals surface area (Å²) in [5, 5.41) is 12.0. The van der Waals surface area contributed by atoms with Crippen LogP contribution in [0.1, 0.15) is 19.3 Å². The van der Waals surface area contributed by atoms with E-state index in [1.54, 1.807) is 6.08 Å². The van der Waals surface area contributed by atoms with Crippen LogP contribution in [-0.4, -0.2) is 29.7 Å². The summed E-state index contributed by atoms with van der Waals surface area (Å²) in [6, 6.07) is -0.438. The number of aliphatic hydroxyl groups is 1.